The van der Waals surface area contributed by atoms with Crippen LogP contribution in [-0.2, 0) is 38.3 Å². The normalized spacial score (nSPS) is 48.6. The van der Waals surface area contributed by atoms with E-state index < -0.39 is 96.9 Å². The minimum Gasteiger partial charge on any atom is -0.394 e. The van der Waals surface area contributed by atoms with Gasteiger partial charge in [-0.15, -0.1) is 0 Å². The van der Waals surface area contributed by atoms with Gasteiger partial charge in [0.15, 0.2) is 25.0 Å². The molecule has 0 spiro atoms. The molecular weight excluding hydrogens is 492 g/mol. The Morgan fingerprint density at radius 1 is 0.853 bits per heavy atom. The Hall–Kier alpha value is -0.610. The monoisotopic (exact) mass is 522 g/mol. The summed E-state index contributed by atoms with van der Waals surface area (Å²) in [5.74, 6) is 0. The summed E-state index contributed by atoms with van der Waals surface area (Å²) in [7, 11) is -5.11. The van der Waals surface area contributed by atoms with Crippen molar-refractivity contribution >= 4 is 10.4 Å². The van der Waals surface area contributed by atoms with Crippen LogP contribution in [-0.4, -0.2) is 142 Å². The Kier molecular flexibility index (Phi) is 9.21. The van der Waals surface area contributed by atoms with E-state index in [9.17, 15) is 44.2 Å². The van der Waals surface area contributed by atoms with E-state index in [1.165, 1.54) is 6.92 Å². The van der Waals surface area contributed by atoms with Crippen molar-refractivity contribution in [1.29, 1.82) is 0 Å². The highest BCUT2D eigenvalue weighted by molar-refractivity contribution is 7.80. The third kappa shape index (κ3) is 6.20. The number of hydrogen-bond acceptors (Lipinski definition) is 15. The molecule has 34 heavy (non-hydrogen) atoms. The largest absolute Gasteiger partial charge is 0.397 e. The van der Waals surface area contributed by atoms with E-state index in [1.54, 1.807) is 0 Å². The summed E-state index contributed by atoms with van der Waals surface area (Å²) in [5, 5.41) is 70.2. The summed E-state index contributed by atoms with van der Waals surface area (Å²) < 4.78 is 61.9. The van der Waals surface area contributed by atoms with Crippen LogP contribution in [0.2, 0.25) is 0 Å². The standard InChI is InChI=1S/C17H30O16S/c1-5-8(19)9(20)11(22)16(29-5)30-6-2-3-28-7(4-18)13(6)31-17-12(23)10(21)14(15(24)32-17)33-34(25,26)27/h5-24H,2-4H2,1H3,(H,25,26,27)/t5-,6+,7+,8+,9+,10+,11-,12+,13-,14+,15-,16-,17+/m0/s1. The molecule has 16 nitrogen and oxygen atoms in total. The Morgan fingerprint density at radius 2 is 1.47 bits per heavy atom. The molecule has 3 aliphatic rings. The average molecular weight is 522 g/mol. The van der Waals surface area contributed by atoms with Crippen molar-refractivity contribution in [1.82, 2.24) is 0 Å². The van der Waals surface area contributed by atoms with E-state index in [0.29, 0.717) is 0 Å². The zero-order valence-corrected chi connectivity index (χ0v) is 18.7. The van der Waals surface area contributed by atoms with Gasteiger partial charge < -0.3 is 59.4 Å². The molecule has 17 heteroatoms. The second-order valence-corrected chi connectivity index (χ2v) is 9.25. The molecule has 3 saturated heterocycles. The van der Waals surface area contributed by atoms with Crippen LogP contribution in [0, 0.1) is 0 Å². The molecular formula is C17H30O16S. The first-order valence-electron chi connectivity index (χ1n) is 10.4. The molecule has 0 aromatic rings. The van der Waals surface area contributed by atoms with Crippen LogP contribution in [0.25, 0.3) is 0 Å². The SMILES string of the molecule is C[C@@H]1O[C@@H](O[C@@H]2CCO[C@H](CO)[C@H]2O[C@@H]2O[C@H](O)[C@H](OS(=O)(=O)O)[C@H](O)[C@H]2O)[C@@H](O)[C@H](O)[C@@H]1O. The lowest BCUT2D eigenvalue weighted by atomic mass is 9.98. The molecule has 0 radical (unpaired) electrons. The predicted octanol–water partition coefficient (Wildman–Crippen LogP) is -5.05. The van der Waals surface area contributed by atoms with Crippen molar-refractivity contribution < 1.29 is 76.6 Å². The van der Waals surface area contributed by atoms with Gasteiger partial charge in [-0.1, -0.05) is 0 Å². The Bertz CT molecular complexity index is 767. The van der Waals surface area contributed by atoms with Crippen molar-refractivity contribution in [3.63, 3.8) is 0 Å². The van der Waals surface area contributed by atoms with Crippen LogP contribution in [0.5, 0.6) is 0 Å². The molecule has 8 N–H and O–H groups in total. The highest BCUT2D eigenvalue weighted by Gasteiger charge is 2.51. The smallest absolute Gasteiger partial charge is 0.394 e. The fourth-order valence-electron chi connectivity index (χ4n) is 3.94. The molecule has 0 unspecified atom stereocenters. The molecule has 200 valence electrons. The maximum Gasteiger partial charge on any atom is 0.397 e. The number of rotatable bonds is 7. The van der Waals surface area contributed by atoms with E-state index in [2.05, 4.69) is 4.18 Å². The lowest BCUT2D eigenvalue weighted by molar-refractivity contribution is -0.370. The second kappa shape index (κ2) is 11.2. The molecule has 3 aliphatic heterocycles. The van der Waals surface area contributed by atoms with Crippen molar-refractivity contribution in [3.05, 3.63) is 0 Å². The van der Waals surface area contributed by atoms with Gasteiger partial charge in [0.1, 0.15) is 42.7 Å². The van der Waals surface area contributed by atoms with Crippen LogP contribution in [0.4, 0.5) is 0 Å². The van der Waals surface area contributed by atoms with Crippen LogP contribution in [0.3, 0.4) is 0 Å². The summed E-state index contributed by atoms with van der Waals surface area (Å²) in [5.41, 5.74) is 0. The van der Waals surface area contributed by atoms with Gasteiger partial charge in [0.2, 0.25) is 0 Å². The second-order valence-electron chi connectivity index (χ2n) is 8.20. The maximum absolute atomic E-state index is 10.9. The fourth-order valence-corrected chi connectivity index (χ4v) is 4.43. The van der Waals surface area contributed by atoms with Crippen LogP contribution in [0.1, 0.15) is 13.3 Å². The number of aliphatic hydroxyl groups excluding tert-OH is 7. The molecule has 0 aromatic heterocycles. The average Bonchev–Trinajstić information content (AvgIpc) is 2.77. The van der Waals surface area contributed by atoms with Gasteiger partial charge in [-0.25, -0.2) is 4.18 Å². The summed E-state index contributed by atoms with van der Waals surface area (Å²) >= 11 is 0. The van der Waals surface area contributed by atoms with Gasteiger partial charge in [0.05, 0.1) is 18.8 Å². The van der Waals surface area contributed by atoms with Gasteiger partial charge >= 0.3 is 10.4 Å². The molecule has 0 saturated carbocycles. The molecule has 3 fully saturated rings. The number of hydrogen-bond donors (Lipinski definition) is 8. The Balaban J connectivity index is 1.73. The van der Waals surface area contributed by atoms with Crippen LogP contribution < -0.4 is 0 Å². The summed E-state index contributed by atoms with van der Waals surface area (Å²) in [4.78, 5) is 0. The summed E-state index contributed by atoms with van der Waals surface area (Å²) in [6.07, 6.45) is -20.2. The molecule has 0 amide bonds. The molecule has 0 bridgehead atoms. The zero-order chi connectivity index (χ0) is 25.4. The lowest BCUT2D eigenvalue weighted by Crippen LogP contribution is -2.63. The topological polar surface area (TPSA) is 251 Å². The van der Waals surface area contributed by atoms with E-state index in [-0.39, 0.29) is 13.0 Å². The van der Waals surface area contributed by atoms with Crippen molar-refractivity contribution in [2.24, 2.45) is 0 Å². The minimum atomic E-state index is -5.11. The summed E-state index contributed by atoms with van der Waals surface area (Å²) in [6, 6.07) is 0. The Morgan fingerprint density at radius 3 is 2.09 bits per heavy atom. The number of ether oxygens (including phenoxy) is 5. The Labute approximate surface area is 194 Å². The quantitative estimate of drug-likeness (QED) is 0.146. The fraction of sp³-hybridized carbons (Fsp3) is 1.00. The third-order valence-electron chi connectivity index (χ3n) is 5.81. The van der Waals surface area contributed by atoms with Crippen molar-refractivity contribution in [2.75, 3.05) is 13.2 Å². The van der Waals surface area contributed by atoms with Gasteiger partial charge in [-0.3, -0.25) is 4.55 Å². The molecule has 0 aliphatic carbocycles. The minimum absolute atomic E-state index is 0.0723. The number of aliphatic hydroxyl groups is 7. The van der Waals surface area contributed by atoms with Gasteiger partial charge in [-0.05, 0) is 13.3 Å². The first-order chi connectivity index (χ1) is 15.8. The predicted molar refractivity (Wildman–Crippen MR) is 103 cm³/mol. The first kappa shape index (κ1) is 28.0. The maximum atomic E-state index is 10.9. The lowest BCUT2D eigenvalue weighted by Gasteiger charge is -2.46. The van der Waals surface area contributed by atoms with Gasteiger partial charge in [-0.2, -0.15) is 8.42 Å². The highest BCUT2D eigenvalue weighted by atomic mass is 32.3. The van der Waals surface area contributed by atoms with Crippen molar-refractivity contribution in [2.45, 2.75) is 93.3 Å². The molecule has 13 atom stereocenters. The van der Waals surface area contributed by atoms with Gasteiger partial charge in [0, 0.05) is 6.61 Å². The van der Waals surface area contributed by atoms with E-state index >= 15 is 0 Å². The van der Waals surface area contributed by atoms with E-state index in [1.807, 2.05) is 0 Å². The zero-order valence-electron chi connectivity index (χ0n) is 17.9. The van der Waals surface area contributed by atoms with Crippen molar-refractivity contribution in [3.8, 4) is 0 Å². The summed E-state index contributed by atoms with van der Waals surface area (Å²) in [6.45, 7) is 0.923. The van der Waals surface area contributed by atoms with Crippen LogP contribution >= 0.6 is 0 Å². The molecule has 3 heterocycles. The first-order valence-corrected chi connectivity index (χ1v) is 11.8. The van der Waals surface area contributed by atoms with Crippen LogP contribution in [0.15, 0.2) is 0 Å². The molecule has 3 rings (SSSR count). The highest BCUT2D eigenvalue weighted by Crippen LogP contribution is 2.31. The molecule has 0 aromatic carbocycles. The van der Waals surface area contributed by atoms with E-state index in [0.717, 1.165) is 0 Å². The van der Waals surface area contributed by atoms with E-state index in [4.69, 9.17) is 28.2 Å². The third-order valence-corrected chi connectivity index (χ3v) is 6.27. The van der Waals surface area contributed by atoms with Gasteiger partial charge in [0.25, 0.3) is 0 Å².